The molecule has 0 bridgehead atoms. The van der Waals surface area contributed by atoms with Gasteiger partial charge in [0.1, 0.15) is 0 Å². The first-order valence-electron chi connectivity index (χ1n) is 3.93. The van der Waals surface area contributed by atoms with E-state index in [-0.39, 0.29) is 17.7 Å². The summed E-state index contributed by atoms with van der Waals surface area (Å²) in [5, 5.41) is 0. The quantitative estimate of drug-likeness (QED) is 0.464. The molecule has 0 aromatic rings. The van der Waals surface area contributed by atoms with E-state index >= 15 is 0 Å². The smallest absolute Gasteiger partial charge is 0.164 e. The van der Waals surface area contributed by atoms with Gasteiger partial charge in [-0.2, -0.15) is 0 Å². The van der Waals surface area contributed by atoms with Crippen LogP contribution in [0.25, 0.3) is 0 Å². The summed E-state index contributed by atoms with van der Waals surface area (Å²) >= 11 is 0. The Hall–Kier alpha value is -1.05. The van der Waals surface area contributed by atoms with Crippen molar-refractivity contribution in [2.45, 2.75) is 26.9 Å². The molecule has 0 aliphatic carbocycles. The van der Waals surface area contributed by atoms with Crippen molar-refractivity contribution < 1.29 is 9.13 Å². The van der Waals surface area contributed by atoms with Gasteiger partial charge in [0, 0.05) is 0 Å². The maximum atomic E-state index is 13.0. The van der Waals surface area contributed by atoms with E-state index in [2.05, 4.69) is 6.58 Å². The van der Waals surface area contributed by atoms with Crippen LogP contribution in [0.4, 0.5) is 4.39 Å². The summed E-state index contributed by atoms with van der Waals surface area (Å²) in [7, 11) is 0. The molecular formula is C10H15FO. The lowest BCUT2D eigenvalue weighted by atomic mass is 10.3. The zero-order valence-corrected chi connectivity index (χ0v) is 7.80. The van der Waals surface area contributed by atoms with Gasteiger partial charge in [0.05, 0.1) is 6.10 Å². The molecule has 0 aliphatic rings. The second-order valence-electron chi connectivity index (χ2n) is 2.57. The van der Waals surface area contributed by atoms with E-state index in [4.69, 9.17) is 4.74 Å². The predicted octanol–water partition coefficient (Wildman–Crippen LogP) is 3.35. The number of halogens is 1. The first-order valence-corrected chi connectivity index (χ1v) is 3.93. The van der Waals surface area contributed by atoms with Gasteiger partial charge in [0.25, 0.3) is 0 Å². The van der Waals surface area contributed by atoms with E-state index in [0.29, 0.717) is 0 Å². The molecule has 12 heavy (non-hydrogen) atoms. The van der Waals surface area contributed by atoms with Crippen LogP contribution in [0.15, 0.2) is 36.4 Å². The Morgan fingerprint density at radius 3 is 2.42 bits per heavy atom. The zero-order valence-electron chi connectivity index (χ0n) is 7.80. The van der Waals surface area contributed by atoms with Crippen LogP contribution in [0, 0.1) is 0 Å². The number of rotatable bonds is 4. The standard InChI is InChI=1S/C10H15FO/c1-5-7-9(11)10(6-2)12-8(3)4/h5-8H,1H2,2-4H3/b9-7+,10-6+. The molecule has 0 saturated carbocycles. The Morgan fingerprint density at radius 1 is 1.50 bits per heavy atom. The van der Waals surface area contributed by atoms with Crippen LogP contribution in [-0.2, 0) is 4.74 Å². The molecule has 0 unspecified atom stereocenters. The molecule has 0 aromatic heterocycles. The van der Waals surface area contributed by atoms with Crippen molar-refractivity contribution in [3.05, 3.63) is 36.4 Å². The first-order chi connectivity index (χ1) is 5.61. The van der Waals surface area contributed by atoms with E-state index in [0.717, 1.165) is 0 Å². The maximum absolute atomic E-state index is 13.0. The Balaban J connectivity index is 4.37. The van der Waals surface area contributed by atoms with Gasteiger partial charge < -0.3 is 4.74 Å². The highest BCUT2D eigenvalue weighted by Gasteiger charge is 2.04. The van der Waals surface area contributed by atoms with Gasteiger partial charge in [-0.15, -0.1) is 0 Å². The molecule has 0 fully saturated rings. The van der Waals surface area contributed by atoms with Crippen molar-refractivity contribution in [2.24, 2.45) is 0 Å². The fraction of sp³-hybridized carbons (Fsp3) is 0.400. The molecule has 0 N–H and O–H groups in total. The monoisotopic (exact) mass is 170 g/mol. The van der Waals surface area contributed by atoms with Gasteiger partial charge in [-0.25, -0.2) is 4.39 Å². The van der Waals surface area contributed by atoms with Crippen LogP contribution in [0.5, 0.6) is 0 Å². The van der Waals surface area contributed by atoms with Gasteiger partial charge in [-0.3, -0.25) is 0 Å². The highest BCUT2D eigenvalue weighted by molar-refractivity contribution is 5.22. The van der Waals surface area contributed by atoms with Crippen LogP contribution in [-0.4, -0.2) is 6.10 Å². The first kappa shape index (κ1) is 11.0. The summed E-state index contributed by atoms with van der Waals surface area (Å²) in [6.07, 6.45) is 4.25. The summed E-state index contributed by atoms with van der Waals surface area (Å²) in [4.78, 5) is 0. The minimum absolute atomic E-state index is 0.0137. The average molecular weight is 170 g/mol. The van der Waals surface area contributed by atoms with E-state index < -0.39 is 0 Å². The van der Waals surface area contributed by atoms with E-state index in [1.54, 1.807) is 13.0 Å². The molecule has 1 nitrogen and oxygen atoms in total. The van der Waals surface area contributed by atoms with Gasteiger partial charge in [0.15, 0.2) is 11.6 Å². The van der Waals surface area contributed by atoms with Crippen molar-refractivity contribution in [1.29, 1.82) is 0 Å². The lowest BCUT2D eigenvalue weighted by Crippen LogP contribution is -2.02. The summed E-state index contributed by atoms with van der Waals surface area (Å²) in [5.41, 5.74) is 0. The second kappa shape index (κ2) is 5.58. The van der Waals surface area contributed by atoms with Crippen molar-refractivity contribution in [1.82, 2.24) is 0 Å². The van der Waals surface area contributed by atoms with Gasteiger partial charge >= 0.3 is 0 Å². The van der Waals surface area contributed by atoms with E-state index in [1.165, 1.54) is 12.2 Å². The molecule has 0 aromatic carbocycles. The number of allylic oxidation sites excluding steroid dienone is 4. The summed E-state index contributed by atoms with van der Waals surface area (Å²) in [6, 6.07) is 0. The fourth-order valence-electron chi connectivity index (χ4n) is 0.702. The van der Waals surface area contributed by atoms with Crippen molar-refractivity contribution in [3.63, 3.8) is 0 Å². The Bertz CT molecular complexity index is 202. The second-order valence-corrected chi connectivity index (χ2v) is 2.57. The molecule has 68 valence electrons. The molecule has 0 atom stereocenters. The molecule has 0 saturated heterocycles. The maximum Gasteiger partial charge on any atom is 0.164 e. The molecule has 0 spiro atoms. The van der Waals surface area contributed by atoms with Gasteiger partial charge in [-0.05, 0) is 32.9 Å². The van der Waals surface area contributed by atoms with Gasteiger partial charge in [0.2, 0.25) is 0 Å². The normalized spacial score (nSPS) is 13.4. The molecule has 0 amide bonds. The third-order valence-corrected chi connectivity index (χ3v) is 1.12. The predicted molar refractivity (Wildman–Crippen MR) is 49.4 cm³/mol. The van der Waals surface area contributed by atoms with Crippen LogP contribution in [0.3, 0.4) is 0 Å². The van der Waals surface area contributed by atoms with Crippen LogP contribution in [0.2, 0.25) is 0 Å². The van der Waals surface area contributed by atoms with Gasteiger partial charge in [-0.1, -0.05) is 12.7 Å². The highest BCUT2D eigenvalue weighted by atomic mass is 19.1. The van der Waals surface area contributed by atoms with Crippen LogP contribution >= 0.6 is 0 Å². The molecule has 0 heterocycles. The SMILES string of the molecule is C=C/C=C(F)\C(=C/C)OC(C)C. The summed E-state index contributed by atoms with van der Waals surface area (Å²) in [6.45, 7) is 8.83. The van der Waals surface area contributed by atoms with Crippen molar-refractivity contribution >= 4 is 0 Å². The number of ether oxygens (including phenoxy) is 1. The minimum atomic E-state index is -0.388. The lowest BCUT2D eigenvalue weighted by Gasteiger charge is -2.11. The number of hydrogen-bond donors (Lipinski definition) is 0. The highest BCUT2D eigenvalue weighted by Crippen LogP contribution is 2.14. The molecule has 0 rings (SSSR count). The molecule has 0 aliphatic heterocycles. The lowest BCUT2D eigenvalue weighted by molar-refractivity contribution is 0.145. The Kier molecular flexibility index (Phi) is 5.09. The van der Waals surface area contributed by atoms with E-state index in [1.807, 2.05) is 13.8 Å². The van der Waals surface area contributed by atoms with Crippen molar-refractivity contribution in [2.75, 3.05) is 0 Å². The average Bonchev–Trinajstić information content (AvgIpc) is 2.00. The Labute approximate surface area is 73.2 Å². The fourth-order valence-corrected chi connectivity index (χ4v) is 0.702. The minimum Gasteiger partial charge on any atom is -0.488 e. The zero-order chi connectivity index (χ0) is 9.56. The summed E-state index contributed by atoms with van der Waals surface area (Å²) < 4.78 is 18.2. The van der Waals surface area contributed by atoms with Crippen LogP contribution < -0.4 is 0 Å². The Morgan fingerprint density at radius 2 is 2.08 bits per heavy atom. The summed E-state index contributed by atoms with van der Waals surface area (Å²) in [5.74, 6) is -0.119. The van der Waals surface area contributed by atoms with Crippen molar-refractivity contribution in [3.8, 4) is 0 Å². The molecular weight excluding hydrogens is 155 g/mol. The molecule has 0 radical (unpaired) electrons. The third kappa shape index (κ3) is 3.96. The van der Waals surface area contributed by atoms with Crippen LogP contribution in [0.1, 0.15) is 20.8 Å². The number of hydrogen-bond acceptors (Lipinski definition) is 1. The largest absolute Gasteiger partial charge is 0.488 e. The topological polar surface area (TPSA) is 9.23 Å². The molecule has 2 heteroatoms. The third-order valence-electron chi connectivity index (χ3n) is 1.12. The van der Waals surface area contributed by atoms with E-state index in [9.17, 15) is 4.39 Å².